The Morgan fingerprint density at radius 2 is 2.08 bits per heavy atom. The molecule has 1 unspecified atom stereocenters. The Bertz CT molecular complexity index is 783. The number of benzene rings is 1. The molecule has 1 aliphatic rings. The lowest BCUT2D eigenvalue weighted by Gasteiger charge is -2.34. The van der Waals surface area contributed by atoms with Crippen molar-refractivity contribution in [2.24, 2.45) is 0 Å². The standard InChI is InChI=1S/C17H20N4O4/c22-14-8-4-5-11-21(14)15(12-6-2-1-3-7-12)16(23)18-10-9-13-19-17(24)25-20-13/h1-3,6-7,15H,4-5,8-11H2,(H,18,23)(H,19,20,24). The van der Waals surface area contributed by atoms with Crippen LogP contribution in [0, 0.1) is 0 Å². The van der Waals surface area contributed by atoms with Crippen molar-refractivity contribution in [1.82, 2.24) is 20.4 Å². The second kappa shape index (κ2) is 7.78. The molecule has 132 valence electrons. The predicted molar refractivity (Wildman–Crippen MR) is 88.6 cm³/mol. The van der Waals surface area contributed by atoms with Crippen molar-refractivity contribution in [1.29, 1.82) is 0 Å². The van der Waals surface area contributed by atoms with Crippen LogP contribution in [0.4, 0.5) is 0 Å². The highest BCUT2D eigenvalue weighted by Gasteiger charge is 2.32. The van der Waals surface area contributed by atoms with Crippen molar-refractivity contribution in [2.45, 2.75) is 31.7 Å². The van der Waals surface area contributed by atoms with Gasteiger partial charge in [0.2, 0.25) is 11.8 Å². The maximum absolute atomic E-state index is 12.8. The second-order valence-electron chi connectivity index (χ2n) is 5.94. The fraction of sp³-hybridized carbons (Fsp3) is 0.412. The van der Waals surface area contributed by atoms with Gasteiger partial charge in [-0.05, 0) is 18.4 Å². The Morgan fingerprint density at radius 3 is 2.76 bits per heavy atom. The third-order valence-electron chi connectivity index (χ3n) is 4.18. The van der Waals surface area contributed by atoms with Crippen LogP contribution in [0.2, 0.25) is 0 Å². The molecule has 0 bridgehead atoms. The molecule has 1 aliphatic heterocycles. The first-order valence-corrected chi connectivity index (χ1v) is 8.32. The highest BCUT2D eigenvalue weighted by Crippen LogP contribution is 2.25. The zero-order chi connectivity index (χ0) is 17.6. The summed E-state index contributed by atoms with van der Waals surface area (Å²) in [6.45, 7) is 0.856. The molecule has 0 aliphatic carbocycles. The molecule has 0 saturated carbocycles. The summed E-state index contributed by atoms with van der Waals surface area (Å²) in [5, 5.41) is 6.38. The summed E-state index contributed by atoms with van der Waals surface area (Å²) >= 11 is 0. The summed E-state index contributed by atoms with van der Waals surface area (Å²) < 4.78 is 4.42. The maximum atomic E-state index is 12.8. The number of amides is 2. The Hall–Kier alpha value is -2.90. The van der Waals surface area contributed by atoms with Crippen LogP contribution < -0.4 is 11.1 Å². The van der Waals surface area contributed by atoms with E-state index < -0.39 is 11.8 Å². The van der Waals surface area contributed by atoms with Gasteiger partial charge >= 0.3 is 5.76 Å². The molecule has 1 aromatic carbocycles. The molecule has 1 aromatic heterocycles. The predicted octanol–water partition coefficient (Wildman–Crippen LogP) is 0.775. The number of nitrogens with one attached hydrogen (secondary N) is 2. The molecular formula is C17H20N4O4. The molecule has 25 heavy (non-hydrogen) atoms. The molecular weight excluding hydrogens is 324 g/mol. The van der Waals surface area contributed by atoms with Crippen LogP contribution in [0.25, 0.3) is 0 Å². The fourth-order valence-electron chi connectivity index (χ4n) is 2.98. The lowest BCUT2D eigenvalue weighted by molar-refractivity contribution is -0.142. The Kier molecular flexibility index (Phi) is 5.27. The van der Waals surface area contributed by atoms with E-state index in [9.17, 15) is 14.4 Å². The molecule has 1 atom stereocenters. The molecule has 0 radical (unpaired) electrons. The lowest BCUT2D eigenvalue weighted by Crippen LogP contribution is -2.46. The van der Waals surface area contributed by atoms with Gasteiger partial charge in [-0.15, -0.1) is 0 Å². The van der Waals surface area contributed by atoms with E-state index in [-0.39, 0.29) is 18.4 Å². The van der Waals surface area contributed by atoms with Crippen LogP contribution in [0.15, 0.2) is 39.6 Å². The highest BCUT2D eigenvalue weighted by atomic mass is 16.5. The SMILES string of the molecule is O=C(NCCc1noc(=O)[nH]1)C(c1ccccc1)N1CCCCC1=O. The van der Waals surface area contributed by atoms with E-state index in [1.807, 2.05) is 30.3 Å². The molecule has 0 spiro atoms. The van der Waals surface area contributed by atoms with Crippen LogP contribution in [0.1, 0.15) is 36.7 Å². The van der Waals surface area contributed by atoms with Crippen molar-refractivity contribution >= 4 is 11.8 Å². The van der Waals surface area contributed by atoms with Gasteiger partial charge in [-0.25, -0.2) is 4.79 Å². The largest absolute Gasteiger partial charge is 0.438 e. The minimum Gasteiger partial charge on any atom is -0.354 e. The van der Waals surface area contributed by atoms with E-state index in [1.165, 1.54) is 0 Å². The van der Waals surface area contributed by atoms with E-state index in [1.54, 1.807) is 4.90 Å². The number of hydrogen-bond donors (Lipinski definition) is 2. The number of rotatable bonds is 6. The minimum atomic E-state index is -0.648. The van der Waals surface area contributed by atoms with Crippen molar-refractivity contribution in [2.75, 3.05) is 13.1 Å². The second-order valence-corrected chi connectivity index (χ2v) is 5.94. The minimum absolute atomic E-state index is 0.00363. The summed E-state index contributed by atoms with van der Waals surface area (Å²) in [6.07, 6.45) is 2.56. The Morgan fingerprint density at radius 1 is 1.28 bits per heavy atom. The summed E-state index contributed by atoms with van der Waals surface area (Å²) in [5.74, 6) is -0.499. The fourth-order valence-corrected chi connectivity index (χ4v) is 2.98. The summed E-state index contributed by atoms with van der Waals surface area (Å²) in [6, 6.07) is 8.62. The lowest BCUT2D eigenvalue weighted by atomic mass is 10.0. The molecule has 2 heterocycles. The summed E-state index contributed by atoms with van der Waals surface area (Å²) in [7, 11) is 0. The summed E-state index contributed by atoms with van der Waals surface area (Å²) in [5.41, 5.74) is 0.782. The molecule has 2 N–H and O–H groups in total. The van der Waals surface area contributed by atoms with Gasteiger partial charge in [-0.1, -0.05) is 35.5 Å². The van der Waals surface area contributed by atoms with Crippen LogP contribution in [0.5, 0.6) is 0 Å². The van der Waals surface area contributed by atoms with E-state index >= 15 is 0 Å². The van der Waals surface area contributed by atoms with E-state index in [0.29, 0.717) is 25.2 Å². The van der Waals surface area contributed by atoms with E-state index in [0.717, 1.165) is 18.4 Å². The van der Waals surface area contributed by atoms with Gasteiger partial charge in [0, 0.05) is 25.9 Å². The number of likely N-dealkylation sites (tertiary alicyclic amines) is 1. The first-order chi connectivity index (χ1) is 12.1. The van der Waals surface area contributed by atoms with Crippen molar-refractivity contribution in [3.8, 4) is 0 Å². The smallest absolute Gasteiger partial charge is 0.354 e. The monoisotopic (exact) mass is 344 g/mol. The number of carbonyl (C=O) groups is 2. The van der Waals surface area contributed by atoms with Gasteiger partial charge in [0.05, 0.1) is 0 Å². The highest BCUT2D eigenvalue weighted by molar-refractivity contribution is 5.89. The van der Waals surface area contributed by atoms with Crippen LogP contribution in [-0.2, 0) is 16.0 Å². The van der Waals surface area contributed by atoms with Gasteiger partial charge in [0.1, 0.15) is 6.04 Å². The molecule has 1 fully saturated rings. The number of nitrogens with zero attached hydrogens (tertiary/aromatic N) is 2. The third-order valence-corrected chi connectivity index (χ3v) is 4.18. The quantitative estimate of drug-likeness (QED) is 0.805. The van der Waals surface area contributed by atoms with Crippen molar-refractivity contribution < 1.29 is 14.1 Å². The van der Waals surface area contributed by atoms with Gasteiger partial charge in [-0.2, -0.15) is 0 Å². The molecule has 2 aromatic rings. The van der Waals surface area contributed by atoms with Crippen LogP contribution in [-0.4, -0.2) is 39.9 Å². The first-order valence-electron chi connectivity index (χ1n) is 8.32. The van der Waals surface area contributed by atoms with Crippen LogP contribution >= 0.6 is 0 Å². The number of aromatic amines is 1. The zero-order valence-electron chi connectivity index (χ0n) is 13.7. The van der Waals surface area contributed by atoms with E-state index in [2.05, 4.69) is 20.0 Å². The van der Waals surface area contributed by atoms with Gasteiger partial charge in [0.25, 0.3) is 0 Å². The van der Waals surface area contributed by atoms with Gasteiger partial charge in [-0.3, -0.25) is 19.1 Å². The molecule has 8 heteroatoms. The van der Waals surface area contributed by atoms with Crippen LogP contribution in [0.3, 0.4) is 0 Å². The number of aromatic nitrogens is 2. The number of carbonyl (C=O) groups excluding carboxylic acids is 2. The first kappa shape index (κ1) is 16.9. The number of H-pyrrole nitrogens is 1. The van der Waals surface area contributed by atoms with Crippen molar-refractivity contribution in [3.05, 3.63) is 52.3 Å². The molecule has 1 saturated heterocycles. The summed E-state index contributed by atoms with van der Waals surface area (Å²) in [4.78, 5) is 40.0. The third kappa shape index (κ3) is 4.14. The zero-order valence-corrected chi connectivity index (χ0v) is 13.7. The normalized spacial score (nSPS) is 15.8. The number of piperidine rings is 1. The van der Waals surface area contributed by atoms with E-state index in [4.69, 9.17) is 0 Å². The van der Waals surface area contributed by atoms with Gasteiger partial charge < -0.3 is 10.2 Å². The molecule has 3 rings (SSSR count). The topological polar surface area (TPSA) is 108 Å². The molecule has 2 amide bonds. The van der Waals surface area contributed by atoms with Gasteiger partial charge in [0.15, 0.2) is 5.82 Å². The Labute approximate surface area is 144 Å². The average molecular weight is 344 g/mol. The average Bonchev–Trinajstić information content (AvgIpc) is 3.03. The number of hydrogen-bond acceptors (Lipinski definition) is 5. The Balaban J connectivity index is 1.70. The van der Waals surface area contributed by atoms with Crippen molar-refractivity contribution in [3.63, 3.8) is 0 Å². The maximum Gasteiger partial charge on any atom is 0.438 e. The molecule has 8 nitrogen and oxygen atoms in total.